The molecule has 0 aliphatic rings. The molecule has 0 saturated carbocycles. The molecule has 24 heavy (non-hydrogen) atoms. The van der Waals surface area contributed by atoms with Gasteiger partial charge >= 0.3 is 0 Å². The van der Waals surface area contributed by atoms with Gasteiger partial charge in [0.1, 0.15) is 6.04 Å². The molecule has 0 saturated heterocycles. The summed E-state index contributed by atoms with van der Waals surface area (Å²) < 4.78 is 0. The van der Waals surface area contributed by atoms with Crippen molar-refractivity contribution in [3.05, 3.63) is 0 Å². The highest BCUT2D eigenvalue weighted by Gasteiger charge is 2.35. The lowest BCUT2D eigenvalue weighted by Gasteiger charge is -2.33. The second-order valence-corrected chi connectivity index (χ2v) is 7.46. The van der Waals surface area contributed by atoms with Crippen LogP contribution in [0.25, 0.3) is 0 Å². The van der Waals surface area contributed by atoms with Crippen LogP contribution in [0.2, 0.25) is 0 Å². The second kappa shape index (κ2) is 10.3. The number of unbranched alkanes of at least 4 members (excludes halogenated alkanes) is 2. The van der Waals surface area contributed by atoms with E-state index in [9.17, 15) is 19.6 Å². The molecule has 7 heteroatoms. The number of nitrogens with zero attached hydrogens (tertiary/aromatic N) is 2. The summed E-state index contributed by atoms with van der Waals surface area (Å²) in [5.74, 6) is -1.05. The third-order valence-electron chi connectivity index (χ3n) is 3.90. The van der Waals surface area contributed by atoms with E-state index in [4.69, 9.17) is 0 Å². The van der Waals surface area contributed by atoms with Crippen LogP contribution in [-0.2, 0) is 14.4 Å². The number of likely N-dealkylation sites (N-methyl/N-ethyl adjacent to an activating group) is 1. The van der Waals surface area contributed by atoms with Gasteiger partial charge in [-0.15, -0.1) is 0 Å². The fourth-order valence-electron chi connectivity index (χ4n) is 2.38. The van der Waals surface area contributed by atoms with Crippen LogP contribution in [0.1, 0.15) is 53.4 Å². The minimum absolute atomic E-state index is 0.0773. The quantitative estimate of drug-likeness (QED) is 0.273. The molecule has 2 atom stereocenters. The van der Waals surface area contributed by atoms with Crippen LogP contribution in [0.5, 0.6) is 0 Å². The van der Waals surface area contributed by atoms with Gasteiger partial charge in [-0.3, -0.25) is 19.6 Å². The van der Waals surface area contributed by atoms with Crippen LogP contribution >= 0.6 is 0 Å². The van der Waals surface area contributed by atoms with Gasteiger partial charge in [0.05, 0.1) is 12.5 Å². The summed E-state index contributed by atoms with van der Waals surface area (Å²) in [7, 11) is 3.29. The molecule has 0 rings (SSSR count). The largest absolute Gasteiger partial charge is 0.347 e. The van der Waals surface area contributed by atoms with Gasteiger partial charge in [-0.25, -0.2) is 5.06 Å². The maximum Gasteiger partial charge on any atom is 0.245 e. The minimum Gasteiger partial charge on any atom is -0.347 e. The van der Waals surface area contributed by atoms with E-state index < -0.39 is 17.4 Å². The summed E-state index contributed by atoms with van der Waals surface area (Å²) in [5, 5.41) is 12.7. The fraction of sp³-hybridized carbons (Fsp3) is 0.824. The predicted molar refractivity (Wildman–Crippen MR) is 92.3 cm³/mol. The first kappa shape index (κ1) is 22.4. The standard InChI is InChI=1S/C17H33N3O4/c1-7-8-9-10-13(11-20(24)12-21)15(22)18-14(17(2,3)4)16(23)19(5)6/h12-14,24H,7-11H2,1-6H3,(H,18,22)/t13-,14-/m1/s1. The van der Waals surface area contributed by atoms with Crippen LogP contribution in [0, 0.1) is 11.3 Å². The molecule has 0 radical (unpaired) electrons. The first-order valence-electron chi connectivity index (χ1n) is 8.46. The molecule has 0 aromatic rings. The highest BCUT2D eigenvalue weighted by atomic mass is 16.5. The van der Waals surface area contributed by atoms with E-state index >= 15 is 0 Å². The predicted octanol–water partition coefficient (Wildman–Crippen LogP) is 1.65. The Bertz CT molecular complexity index is 419. The third-order valence-corrected chi connectivity index (χ3v) is 3.90. The van der Waals surface area contributed by atoms with Crippen LogP contribution in [0.4, 0.5) is 0 Å². The monoisotopic (exact) mass is 343 g/mol. The van der Waals surface area contributed by atoms with E-state index in [1.165, 1.54) is 4.90 Å². The molecule has 0 fully saturated rings. The maximum atomic E-state index is 12.6. The zero-order valence-corrected chi connectivity index (χ0v) is 15.8. The number of amides is 3. The van der Waals surface area contributed by atoms with Crippen molar-refractivity contribution in [1.82, 2.24) is 15.3 Å². The second-order valence-electron chi connectivity index (χ2n) is 7.46. The molecule has 3 amide bonds. The molecule has 0 aliphatic heterocycles. The van der Waals surface area contributed by atoms with Crippen molar-refractivity contribution in [2.75, 3.05) is 20.6 Å². The molecule has 140 valence electrons. The first-order chi connectivity index (χ1) is 11.0. The first-order valence-corrected chi connectivity index (χ1v) is 8.46. The van der Waals surface area contributed by atoms with E-state index in [0.29, 0.717) is 11.5 Å². The molecule has 2 N–H and O–H groups in total. The summed E-state index contributed by atoms with van der Waals surface area (Å²) in [6.07, 6.45) is 3.64. The van der Waals surface area contributed by atoms with Gasteiger partial charge in [-0.05, 0) is 11.8 Å². The molecule has 0 unspecified atom stereocenters. The normalized spacial score (nSPS) is 13.8. The Hall–Kier alpha value is -1.63. The van der Waals surface area contributed by atoms with Crippen LogP contribution in [0.15, 0.2) is 0 Å². The van der Waals surface area contributed by atoms with Crippen LogP contribution in [-0.4, -0.2) is 60.1 Å². The maximum absolute atomic E-state index is 12.6. The average Bonchev–Trinajstić information content (AvgIpc) is 2.49. The van der Waals surface area contributed by atoms with Crippen molar-refractivity contribution in [2.45, 2.75) is 59.4 Å². The Balaban J connectivity index is 5.14. The van der Waals surface area contributed by atoms with Gasteiger partial charge in [0.25, 0.3) is 0 Å². The zero-order valence-electron chi connectivity index (χ0n) is 15.8. The van der Waals surface area contributed by atoms with E-state index in [1.807, 2.05) is 20.8 Å². The minimum atomic E-state index is -0.669. The molecule has 0 aliphatic carbocycles. The van der Waals surface area contributed by atoms with Crippen molar-refractivity contribution in [3.63, 3.8) is 0 Å². The van der Waals surface area contributed by atoms with Crippen molar-refractivity contribution >= 4 is 18.2 Å². The van der Waals surface area contributed by atoms with Crippen molar-refractivity contribution in [2.24, 2.45) is 11.3 Å². The van der Waals surface area contributed by atoms with Gasteiger partial charge in [-0.1, -0.05) is 47.0 Å². The average molecular weight is 343 g/mol. The Morgan fingerprint density at radius 3 is 2.21 bits per heavy atom. The number of nitrogens with one attached hydrogen (secondary N) is 1. The molecular formula is C17H33N3O4. The smallest absolute Gasteiger partial charge is 0.245 e. The van der Waals surface area contributed by atoms with Gasteiger partial charge in [0.15, 0.2) is 0 Å². The lowest BCUT2D eigenvalue weighted by atomic mass is 9.85. The summed E-state index contributed by atoms with van der Waals surface area (Å²) in [5.41, 5.74) is -0.450. The van der Waals surface area contributed by atoms with Crippen molar-refractivity contribution in [1.29, 1.82) is 0 Å². The molecule has 0 heterocycles. The lowest BCUT2D eigenvalue weighted by molar-refractivity contribution is -0.155. The van der Waals surface area contributed by atoms with Gasteiger partial charge in [0.2, 0.25) is 18.2 Å². The summed E-state index contributed by atoms with van der Waals surface area (Å²) in [4.78, 5) is 37.1. The van der Waals surface area contributed by atoms with E-state index in [1.54, 1.807) is 14.1 Å². The molecule has 0 spiro atoms. The highest BCUT2D eigenvalue weighted by Crippen LogP contribution is 2.22. The van der Waals surface area contributed by atoms with Gasteiger partial charge < -0.3 is 10.2 Å². The third kappa shape index (κ3) is 7.77. The Morgan fingerprint density at radius 2 is 1.79 bits per heavy atom. The molecule has 0 aromatic carbocycles. The Labute approximate surface area is 145 Å². The number of hydrogen-bond acceptors (Lipinski definition) is 4. The number of carbonyl (C=O) groups excluding carboxylic acids is 3. The highest BCUT2D eigenvalue weighted by molar-refractivity contribution is 5.89. The Morgan fingerprint density at radius 1 is 1.21 bits per heavy atom. The number of hydrogen-bond donors (Lipinski definition) is 2. The summed E-state index contributed by atoms with van der Waals surface area (Å²) in [6, 6.07) is -0.669. The number of carbonyl (C=O) groups is 3. The molecule has 7 nitrogen and oxygen atoms in total. The summed E-state index contributed by atoms with van der Waals surface area (Å²) in [6.45, 7) is 7.63. The van der Waals surface area contributed by atoms with Crippen LogP contribution in [0.3, 0.4) is 0 Å². The lowest BCUT2D eigenvalue weighted by Crippen LogP contribution is -2.55. The fourth-order valence-corrected chi connectivity index (χ4v) is 2.38. The molecule has 0 aromatic heterocycles. The zero-order chi connectivity index (χ0) is 18.9. The topological polar surface area (TPSA) is 90.0 Å². The molecular weight excluding hydrogens is 310 g/mol. The van der Waals surface area contributed by atoms with Gasteiger partial charge in [-0.2, -0.15) is 0 Å². The van der Waals surface area contributed by atoms with E-state index in [-0.39, 0.29) is 24.8 Å². The van der Waals surface area contributed by atoms with Gasteiger partial charge in [0, 0.05) is 14.1 Å². The summed E-state index contributed by atoms with van der Waals surface area (Å²) >= 11 is 0. The molecule has 0 bridgehead atoms. The van der Waals surface area contributed by atoms with E-state index in [2.05, 4.69) is 12.2 Å². The SMILES string of the molecule is CCCCC[C@H](CN(O)C=O)C(=O)N[C@H](C(=O)N(C)C)C(C)(C)C. The van der Waals surface area contributed by atoms with Crippen molar-refractivity contribution in [3.8, 4) is 0 Å². The number of hydroxylamine groups is 2. The Kier molecular flexibility index (Phi) is 9.58. The van der Waals surface area contributed by atoms with Crippen molar-refractivity contribution < 1.29 is 19.6 Å². The van der Waals surface area contributed by atoms with E-state index in [0.717, 1.165) is 19.3 Å². The van der Waals surface area contributed by atoms with Crippen LogP contribution < -0.4 is 5.32 Å². The number of rotatable bonds is 10.